The standard InChI is InChI=1S/C24H19ClN4O/c1-15-8-13-21-20(14-15)22(17-6-4-3-5-7-17)27-24(26-21)16(2)28-29(23(24)30)19-11-9-18(25)10-12-19/h3-14,26H,1-2H3. The van der Waals surface area contributed by atoms with Crippen LogP contribution in [0.5, 0.6) is 0 Å². The van der Waals surface area contributed by atoms with E-state index in [0.29, 0.717) is 16.4 Å². The van der Waals surface area contributed by atoms with E-state index in [4.69, 9.17) is 16.6 Å². The molecule has 5 nitrogen and oxygen atoms in total. The Kier molecular flexibility index (Phi) is 4.22. The van der Waals surface area contributed by atoms with Crippen LogP contribution in [-0.2, 0) is 4.79 Å². The first-order valence-corrected chi connectivity index (χ1v) is 10.1. The summed E-state index contributed by atoms with van der Waals surface area (Å²) < 4.78 is 0. The molecular weight excluding hydrogens is 396 g/mol. The SMILES string of the molecule is CC1=NN(c2ccc(Cl)cc2)C(=O)C12N=C(c1ccccc1)c1cc(C)ccc1N2. The molecule has 1 unspecified atom stereocenters. The van der Waals surface area contributed by atoms with Crippen LogP contribution >= 0.6 is 11.6 Å². The predicted octanol–water partition coefficient (Wildman–Crippen LogP) is 5.03. The predicted molar refractivity (Wildman–Crippen MR) is 122 cm³/mol. The van der Waals surface area contributed by atoms with Gasteiger partial charge in [-0.05, 0) is 50.2 Å². The van der Waals surface area contributed by atoms with Gasteiger partial charge < -0.3 is 5.32 Å². The molecule has 3 aromatic rings. The van der Waals surface area contributed by atoms with E-state index >= 15 is 0 Å². The van der Waals surface area contributed by atoms with Gasteiger partial charge in [0, 0.05) is 21.8 Å². The third-order valence-corrected chi connectivity index (χ3v) is 5.67. The number of hydrazone groups is 1. The van der Waals surface area contributed by atoms with Gasteiger partial charge in [0.1, 0.15) is 0 Å². The number of hydrogen-bond donors (Lipinski definition) is 1. The smallest absolute Gasteiger partial charge is 0.302 e. The maximum Gasteiger partial charge on any atom is 0.302 e. The van der Waals surface area contributed by atoms with E-state index in [1.807, 2.05) is 56.3 Å². The number of nitrogens with zero attached hydrogens (tertiary/aromatic N) is 3. The summed E-state index contributed by atoms with van der Waals surface area (Å²) in [6.07, 6.45) is 0. The molecule has 1 N–H and O–H groups in total. The van der Waals surface area contributed by atoms with Crippen LogP contribution in [0.4, 0.5) is 11.4 Å². The van der Waals surface area contributed by atoms with Crippen LogP contribution in [0, 0.1) is 6.92 Å². The van der Waals surface area contributed by atoms with E-state index in [0.717, 1.165) is 28.1 Å². The molecule has 5 rings (SSSR count). The van der Waals surface area contributed by atoms with Gasteiger partial charge in [0.05, 0.1) is 17.1 Å². The monoisotopic (exact) mass is 414 g/mol. The normalized spacial score (nSPS) is 20.0. The Morgan fingerprint density at radius 3 is 2.43 bits per heavy atom. The number of carbonyl (C=O) groups excluding carboxylic acids is 1. The van der Waals surface area contributed by atoms with Crippen LogP contribution in [0.2, 0.25) is 5.02 Å². The number of halogens is 1. The van der Waals surface area contributed by atoms with Gasteiger partial charge in [0.15, 0.2) is 0 Å². The molecule has 2 aliphatic rings. The van der Waals surface area contributed by atoms with Crippen molar-refractivity contribution in [2.45, 2.75) is 19.5 Å². The molecule has 0 fully saturated rings. The molecule has 1 atom stereocenters. The minimum absolute atomic E-state index is 0.248. The largest absolute Gasteiger partial charge is 0.348 e. The van der Waals surface area contributed by atoms with Crippen LogP contribution in [0.3, 0.4) is 0 Å². The van der Waals surface area contributed by atoms with E-state index in [1.165, 1.54) is 5.01 Å². The van der Waals surface area contributed by atoms with Crippen LogP contribution in [0.25, 0.3) is 0 Å². The summed E-state index contributed by atoms with van der Waals surface area (Å²) in [7, 11) is 0. The maximum absolute atomic E-state index is 13.6. The molecule has 1 amide bonds. The third kappa shape index (κ3) is 2.82. The molecule has 3 aromatic carbocycles. The van der Waals surface area contributed by atoms with Gasteiger partial charge >= 0.3 is 5.91 Å². The zero-order chi connectivity index (χ0) is 20.9. The van der Waals surface area contributed by atoms with E-state index < -0.39 is 5.66 Å². The van der Waals surface area contributed by atoms with E-state index in [-0.39, 0.29) is 5.91 Å². The van der Waals surface area contributed by atoms with Crippen molar-refractivity contribution in [1.82, 2.24) is 0 Å². The first-order valence-electron chi connectivity index (χ1n) is 9.68. The van der Waals surface area contributed by atoms with Crippen LogP contribution < -0.4 is 10.3 Å². The highest BCUT2D eigenvalue weighted by Crippen LogP contribution is 2.37. The first kappa shape index (κ1) is 18.6. The molecule has 1 spiro atoms. The quantitative estimate of drug-likeness (QED) is 0.639. The molecule has 0 bridgehead atoms. The second-order valence-electron chi connectivity index (χ2n) is 7.49. The summed E-state index contributed by atoms with van der Waals surface area (Å²) in [5.41, 5.74) is 4.63. The lowest BCUT2D eigenvalue weighted by molar-refractivity contribution is -0.120. The van der Waals surface area contributed by atoms with Crippen molar-refractivity contribution in [3.05, 3.63) is 94.5 Å². The van der Waals surface area contributed by atoms with Crippen LogP contribution in [-0.4, -0.2) is 23.0 Å². The molecule has 2 aliphatic heterocycles. The van der Waals surface area contributed by atoms with E-state index in [1.54, 1.807) is 24.3 Å². The fourth-order valence-electron chi connectivity index (χ4n) is 3.84. The van der Waals surface area contributed by atoms with Crippen molar-refractivity contribution in [1.29, 1.82) is 0 Å². The minimum atomic E-state index is -1.28. The van der Waals surface area contributed by atoms with E-state index in [2.05, 4.69) is 16.5 Å². The second kappa shape index (κ2) is 6.82. The highest BCUT2D eigenvalue weighted by Gasteiger charge is 2.52. The number of aliphatic imine (C=N–C) groups is 1. The zero-order valence-electron chi connectivity index (χ0n) is 16.6. The first-order chi connectivity index (χ1) is 14.5. The van der Waals surface area contributed by atoms with Crippen molar-refractivity contribution in [3.63, 3.8) is 0 Å². The zero-order valence-corrected chi connectivity index (χ0v) is 17.3. The molecule has 0 radical (unpaired) electrons. The summed E-state index contributed by atoms with van der Waals surface area (Å²) in [5.74, 6) is -0.248. The second-order valence-corrected chi connectivity index (χ2v) is 7.93. The van der Waals surface area contributed by atoms with Gasteiger partial charge in [0.25, 0.3) is 5.66 Å². The van der Waals surface area contributed by atoms with Gasteiger partial charge in [-0.15, -0.1) is 0 Å². The Labute approximate surface area is 179 Å². The molecule has 0 saturated carbocycles. The number of rotatable bonds is 2. The summed E-state index contributed by atoms with van der Waals surface area (Å²) in [6, 6.07) is 23.1. The number of hydrogen-bond acceptors (Lipinski definition) is 4. The molecular formula is C24H19ClN4O. The fraction of sp³-hybridized carbons (Fsp3) is 0.125. The number of amides is 1. The third-order valence-electron chi connectivity index (χ3n) is 5.42. The summed E-state index contributed by atoms with van der Waals surface area (Å²) in [4.78, 5) is 18.6. The summed E-state index contributed by atoms with van der Waals surface area (Å²) in [5, 5.41) is 9.92. The Hall–Kier alpha value is -3.44. The Morgan fingerprint density at radius 2 is 1.70 bits per heavy atom. The number of benzene rings is 3. The summed E-state index contributed by atoms with van der Waals surface area (Å²) in [6.45, 7) is 3.87. The van der Waals surface area contributed by atoms with Gasteiger partial charge in [-0.2, -0.15) is 10.1 Å². The maximum atomic E-state index is 13.6. The molecule has 148 valence electrons. The lowest BCUT2D eigenvalue weighted by Crippen LogP contribution is -2.53. The van der Waals surface area contributed by atoms with Crippen molar-refractivity contribution >= 4 is 40.3 Å². The van der Waals surface area contributed by atoms with Crippen LogP contribution in [0.15, 0.2) is 82.9 Å². The number of carbonyl (C=O) groups is 1. The number of aryl methyl sites for hydroxylation is 1. The fourth-order valence-corrected chi connectivity index (χ4v) is 3.96. The lowest BCUT2D eigenvalue weighted by atomic mass is 9.92. The minimum Gasteiger partial charge on any atom is -0.348 e. The topological polar surface area (TPSA) is 57.1 Å². The van der Waals surface area contributed by atoms with Crippen molar-refractivity contribution in [2.75, 3.05) is 10.3 Å². The van der Waals surface area contributed by atoms with Gasteiger partial charge in [-0.25, -0.2) is 4.99 Å². The summed E-state index contributed by atoms with van der Waals surface area (Å²) >= 11 is 6.01. The molecule has 30 heavy (non-hydrogen) atoms. The van der Waals surface area contributed by atoms with Crippen molar-refractivity contribution in [3.8, 4) is 0 Å². The van der Waals surface area contributed by atoms with Gasteiger partial charge in [-0.3, -0.25) is 4.79 Å². The highest BCUT2D eigenvalue weighted by atomic mass is 35.5. The van der Waals surface area contributed by atoms with Gasteiger partial charge in [-0.1, -0.05) is 53.6 Å². The Bertz CT molecular complexity index is 1220. The number of fused-ring (bicyclic) bond motifs is 1. The number of nitrogens with one attached hydrogen (secondary N) is 1. The average Bonchev–Trinajstić information content (AvgIpc) is 2.99. The molecule has 0 aliphatic carbocycles. The molecule has 0 aromatic heterocycles. The number of anilines is 2. The average molecular weight is 415 g/mol. The van der Waals surface area contributed by atoms with Gasteiger partial charge in [0.2, 0.25) is 0 Å². The molecule has 0 saturated heterocycles. The van der Waals surface area contributed by atoms with Crippen LogP contribution in [0.1, 0.15) is 23.6 Å². The van der Waals surface area contributed by atoms with Crippen molar-refractivity contribution in [2.24, 2.45) is 10.1 Å². The van der Waals surface area contributed by atoms with E-state index in [9.17, 15) is 4.79 Å². The lowest BCUT2D eigenvalue weighted by Gasteiger charge is -2.33. The Balaban J connectivity index is 1.67. The van der Waals surface area contributed by atoms with Crippen molar-refractivity contribution < 1.29 is 4.79 Å². The molecule has 2 heterocycles. The highest BCUT2D eigenvalue weighted by molar-refractivity contribution is 6.31. The Morgan fingerprint density at radius 1 is 0.967 bits per heavy atom. The molecule has 6 heteroatoms.